The quantitative estimate of drug-likeness (QED) is 0.645. The smallest absolute Gasteiger partial charge is 0.162 e. The molecule has 0 unspecified atom stereocenters. The Kier molecular flexibility index (Phi) is 3.19. The molecule has 0 atom stereocenters. The second-order valence-corrected chi connectivity index (χ2v) is 3.95. The topological polar surface area (TPSA) is 71.7 Å². The molecule has 0 amide bonds. The first kappa shape index (κ1) is 11.1. The molecule has 0 spiro atoms. The fourth-order valence-electron chi connectivity index (χ4n) is 1.23. The first-order valence-corrected chi connectivity index (χ1v) is 4.53. The number of nitrogens with zero attached hydrogens (tertiary/aromatic N) is 2. The molecule has 1 heterocycles. The molecule has 0 aromatic heterocycles. The molecule has 0 radical (unpaired) electrons. The van der Waals surface area contributed by atoms with Crippen LogP contribution < -0.4 is 0 Å². The predicted molar refractivity (Wildman–Crippen MR) is 49.4 cm³/mol. The van der Waals surface area contributed by atoms with Crippen molar-refractivity contribution in [1.82, 2.24) is 0 Å². The van der Waals surface area contributed by atoms with E-state index < -0.39 is 11.3 Å². The van der Waals surface area contributed by atoms with E-state index in [9.17, 15) is 4.91 Å². The maximum atomic E-state index is 10.7. The minimum absolute atomic E-state index is 0.227. The van der Waals surface area contributed by atoms with Crippen molar-refractivity contribution < 1.29 is 9.47 Å². The molecule has 0 aliphatic carbocycles. The Balaban J connectivity index is 2.57. The van der Waals surface area contributed by atoms with Crippen LogP contribution in [0, 0.1) is 16.2 Å². The summed E-state index contributed by atoms with van der Waals surface area (Å²) in [5, 5.41) is 11.5. The lowest BCUT2D eigenvalue weighted by atomic mass is 9.95. The monoisotopic (exact) mass is 198 g/mol. The van der Waals surface area contributed by atoms with Crippen LogP contribution in [0.3, 0.4) is 0 Å². The van der Waals surface area contributed by atoms with E-state index in [2.05, 4.69) is 5.18 Å². The highest BCUT2D eigenvalue weighted by molar-refractivity contribution is 4.93. The van der Waals surface area contributed by atoms with Gasteiger partial charge in [0.15, 0.2) is 11.3 Å². The first-order chi connectivity index (χ1) is 6.54. The lowest BCUT2D eigenvalue weighted by Crippen LogP contribution is -2.49. The van der Waals surface area contributed by atoms with E-state index in [0.29, 0.717) is 12.8 Å². The van der Waals surface area contributed by atoms with Gasteiger partial charge in [-0.15, -0.1) is 0 Å². The van der Waals surface area contributed by atoms with Gasteiger partial charge in [0.05, 0.1) is 19.3 Å². The Hall–Kier alpha value is -0.990. The Morgan fingerprint density at radius 3 is 2.43 bits per heavy atom. The fourth-order valence-corrected chi connectivity index (χ4v) is 1.23. The van der Waals surface area contributed by atoms with Gasteiger partial charge in [0.2, 0.25) is 0 Å². The molecule has 78 valence electrons. The average Bonchev–Trinajstić information content (AvgIpc) is 2.18. The van der Waals surface area contributed by atoms with Crippen molar-refractivity contribution in [2.75, 3.05) is 13.2 Å². The summed E-state index contributed by atoms with van der Waals surface area (Å²) in [4.78, 5) is 10.7. The molecule has 1 aliphatic heterocycles. The first-order valence-electron chi connectivity index (χ1n) is 4.53. The van der Waals surface area contributed by atoms with E-state index in [4.69, 9.17) is 14.7 Å². The maximum absolute atomic E-state index is 10.7. The number of ether oxygens (including phenoxy) is 2. The number of hydrogen-bond donors (Lipinski definition) is 0. The van der Waals surface area contributed by atoms with Crippen molar-refractivity contribution in [1.29, 1.82) is 5.26 Å². The average molecular weight is 198 g/mol. The minimum atomic E-state index is -0.870. The summed E-state index contributed by atoms with van der Waals surface area (Å²) in [6.07, 6.45) is 0.683. The van der Waals surface area contributed by atoms with E-state index >= 15 is 0 Å². The molecule has 5 nitrogen and oxygen atoms in total. The molecular formula is C9H14N2O3. The zero-order valence-corrected chi connectivity index (χ0v) is 8.45. The van der Waals surface area contributed by atoms with Gasteiger partial charge in [0, 0.05) is 6.42 Å². The van der Waals surface area contributed by atoms with Crippen molar-refractivity contribution in [3.05, 3.63) is 4.91 Å². The van der Waals surface area contributed by atoms with Gasteiger partial charge in [-0.1, -0.05) is 5.18 Å². The number of nitriles is 1. The van der Waals surface area contributed by atoms with Crippen LogP contribution in [0.15, 0.2) is 5.18 Å². The third kappa shape index (κ3) is 2.50. The maximum Gasteiger partial charge on any atom is 0.162 e. The number of rotatable bonds is 3. The van der Waals surface area contributed by atoms with Crippen LogP contribution in [0.25, 0.3) is 0 Å². The lowest BCUT2D eigenvalue weighted by Gasteiger charge is -2.38. The lowest BCUT2D eigenvalue weighted by molar-refractivity contribution is -0.267. The molecule has 1 fully saturated rings. The SMILES string of the molecule is CC1(C)OCC(CCC#N)(N=O)CO1. The van der Waals surface area contributed by atoms with Crippen molar-refractivity contribution in [2.24, 2.45) is 5.18 Å². The van der Waals surface area contributed by atoms with Crippen molar-refractivity contribution in [2.45, 2.75) is 38.0 Å². The molecule has 0 bridgehead atoms. The second-order valence-electron chi connectivity index (χ2n) is 3.95. The summed E-state index contributed by atoms with van der Waals surface area (Å²) in [6.45, 7) is 4.02. The van der Waals surface area contributed by atoms with Gasteiger partial charge < -0.3 is 9.47 Å². The number of hydrogen-bond acceptors (Lipinski definition) is 5. The van der Waals surface area contributed by atoms with Gasteiger partial charge in [-0.25, -0.2) is 0 Å². The minimum Gasteiger partial charge on any atom is -0.348 e. The van der Waals surface area contributed by atoms with Crippen LogP contribution in [0.2, 0.25) is 0 Å². The summed E-state index contributed by atoms with van der Waals surface area (Å²) >= 11 is 0. The van der Waals surface area contributed by atoms with E-state index in [0.717, 1.165) is 0 Å². The largest absolute Gasteiger partial charge is 0.348 e. The predicted octanol–water partition coefficient (Wildman–Crippen LogP) is 1.58. The fraction of sp³-hybridized carbons (Fsp3) is 0.889. The van der Waals surface area contributed by atoms with Gasteiger partial charge in [-0.3, -0.25) is 0 Å². The van der Waals surface area contributed by atoms with Crippen LogP contribution in [0.1, 0.15) is 26.7 Å². The summed E-state index contributed by atoms with van der Waals surface area (Å²) in [7, 11) is 0. The van der Waals surface area contributed by atoms with Gasteiger partial charge in [-0.05, 0) is 20.3 Å². The van der Waals surface area contributed by atoms with Gasteiger partial charge in [0.25, 0.3) is 0 Å². The highest BCUT2D eigenvalue weighted by atomic mass is 16.7. The van der Waals surface area contributed by atoms with E-state index in [1.54, 1.807) is 13.8 Å². The van der Waals surface area contributed by atoms with Gasteiger partial charge in [0.1, 0.15) is 0 Å². The molecule has 0 aromatic carbocycles. The molecule has 1 saturated heterocycles. The van der Waals surface area contributed by atoms with Crippen molar-refractivity contribution >= 4 is 0 Å². The molecule has 1 rings (SSSR count). The summed E-state index contributed by atoms with van der Waals surface area (Å²) in [6, 6.07) is 1.98. The molecule has 0 N–H and O–H groups in total. The standard InChI is InChI=1S/C9H14N2O3/c1-8(2)13-6-9(11-12,7-14-8)4-3-5-10/h3-4,6-7H2,1-2H3. The Morgan fingerprint density at radius 1 is 1.43 bits per heavy atom. The molecular weight excluding hydrogens is 184 g/mol. The highest BCUT2D eigenvalue weighted by Gasteiger charge is 2.41. The molecule has 5 heteroatoms. The Morgan fingerprint density at radius 2 is 2.00 bits per heavy atom. The van der Waals surface area contributed by atoms with Crippen molar-refractivity contribution in [3.8, 4) is 6.07 Å². The molecule has 0 aromatic rings. The second kappa shape index (κ2) is 4.03. The summed E-state index contributed by atoms with van der Waals surface area (Å²) < 4.78 is 10.7. The van der Waals surface area contributed by atoms with Gasteiger partial charge in [-0.2, -0.15) is 10.2 Å². The molecule has 14 heavy (non-hydrogen) atoms. The van der Waals surface area contributed by atoms with Crippen LogP contribution in [-0.2, 0) is 9.47 Å². The number of nitroso groups, excluding NO2 is 1. The Bertz CT molecular complexity index is 247. The third-order valence-electron chi connectivity index (χ3n) is 2.27. The zero-order chi connectivity index (χ0) is 10.7. The molecule has 1 aliphatic rings. The van der Waals surface area contributed by atoms with E-state index in [1.165, 1.54) is 0 Å². The van der Waals surface area contributed by atoms with Gasteiger partial charge >= 0.3 is 0 Å². The summed E-state index contributed by atoms with van der Waals surface area (Å²) in [5.41, 5.74) is -0.870. The third-order valence-corrected chi connectivity index (χ3v) is 2.27. The molecule has 0 saturated carbocycles. The zero-order valence-electron chi connectivity index (χ0n) is 8.45. The van der Waals surface area contributed by atoms with E-state index in [1.807, 2.05) is 6.07 Å². The highest BCUT2D eigenvalue weighted by Crippen LogP contribution is 2.29. The normalized spacial score (nSPS) is 23.8. The van der Waals surface area contributed by atoms with E-state index in [-0.39, 0.29) is 13.2 Å². The van der Waals surface area contributed by atoms with Crippen molar-refractivity contribution in [3.63, 3.8) is 0 Å². The van der Waals surface area contributed by atoms with Crippen LogP contribution in [0.5, 0.6) is 0 Å². The Labute approximate surface area is 83.0 Å². The summed E-state index contributed by atoms with van der Waals surface area (Å²) in [5.74, 6) is -0.652. The van der Waals surface area contributed by atoms with Crippen LogP contribution >= 0.6 is 0 Å². The van der Waals surface area contributed by atoms with Crippen LogP contribution in [-0.4, -0.2) is 24.5 Å². The van der Waals surface area contributed by atoms with Crippen LogP contribution in [0.4, 0.5) is 0 Å².